The molecule has 0 saturated heterocycles. The first-order chi connectivity index (χ1) is 31.7. The van der Waals surface area contributed by atoms with Crippen molar-refractivity contribution in [3.05, 3.63) is 236 Å². The number of hydrogen-bond donors (Lipinski definition) is 0. The molecular weight excluding hydrogens is 771 g/mol. The number of nitrogens with zero attached hydrogens (tertiary/aromatic N) is 1. The maximum absolute atomic E-state index is 2.55. The zero-order valence-corrected chi connectivity index (χ0v) is 35.6. The lowest BCUT2D eigenvalue weighted by Crippen LogP contribution is -2.21. The lowest BCUT2D eigenvalue weighted by molar-refractivity contribution is 0.550. The predicted octanol–water partition coefficient (Wildman–Crippen LogP) is 17.6. The van der Waals surface area contributed by atoms with Crippen molar-refractivity contribution >= 4 is 60.2 Å². The highest BCUT2D eigenvalue weighted by Gasteiger charge is 2.45. The van der Waals surface area contributed by atoms with Crippen LogP contribution < -0.4 is 4.90 Å². The van der Waals surface area contributed by atoms with Gasteiger partial charge in [0.15, 0.2) is 0 Å². The minimum atomic E-state index is 0.0657. The second kappa shape index (κ2) is 14.7. The first kappa shape index (κ1) is 36.9. The monoisotopic (exact) mass is 815 g/mol. The topological polar surface area (TPSA) is 3.24 Å². The molecule has 0 N–H and O–H groups in total. The molecule has 13 rings (SSSR count). The Morgan fingerprint density at radius 1 is 0.312 bits per heavy atom. The summed E-state index contributed by atoms with van der Waals surface area (Å²) in [5.74, 6) is 0. The van der Waals surface area contributed by atoms with Crippen molar-refractivity contribution in [1.29, 1.82) is 0 Å². The third-order valence-electron chi connectivity index (χ3n) is 14.5. The second-order valence-electron chi connectivity index (χ2n) is 17.9. The number of anilines is 3. The fraction of sp³-hybridized carbons (Fsp3) is 0.0794. The molecule has 0 aromatic heterocycles. The molecule has 0 heterocycles. The van der Waals surface area contributed by atoms with Gasteiger partial charge in [-0.1, -0.05) is 195 Å². The second-order valence-corrected chi connectivity index (χ2v) is 17.9. The highest BCUT2D eigenvalue weighted by molar-refractivity contribution is 6.33. The Morgan fingerprint density at radius 2 is 0.859 bits per heavy atom. The average molecular weight is 816 g/mol. The molecule has 0 aliphatic heterocycles. The zero-order valence-electron chi connectivity index (χ0n) is 35.6. The van der Waals surface area contributed by atoms with E-state index in [0.717, 1.165) is 11.4 Å². The van der Waals surface area contributed by atoms with Crippen LogP contribution in [-0.2, 0) is 5.41 Å². The number of benzene rings is 11. The third kappa shape index (κ3) is 5.64. The van der Waals surface area contributed by atoms with Crippen LogP contribution in [0.25, 0.3) is 87.6 Å². The largest absolute Gasteiger partial charge is 0.310 e. The molecule has 2 aliphatic rings. The van der Waals surface area contributed by atoms with Gasteiger partial charge in [-0.2, -0.15) is 0 Å². The maximum Gasteiger partial charge on any atom is 0.0468 e. The summed E-state index contributed by atoms with van der Waals surface area (Å²) in [6.45, 7) is 0. The fourth-order valence-electron chi connectivity index (χ4n) is 11.7. The van der Waals surface area contributed by atoms with Crippen LogP contribution in [0.1, 0.15) is 36.8 Å². The van der Waals surface area contributed by atoms with Crippen LogP contribution >= 0.6 is 0 Å². The van der Waals surface area contributed by atoms with E-state index in [1.54, 1.807) is 0 Å². The average Bonchev–Trinajstić information content (AvgIpc) is 3.97. The van der Waals surface area contributed by atoms with Crippen molar-refractivity contribution in [2.75, 3.05) is 4.90 Å². The minimum absolute atomic E-state index is 0.0657. The molecule has 1 fully saturated rings. The van der Waals surface area contributed by atoms with Crippen molar-refractivity contribution in [1.82, 2.24) is 0 Å². The van der Waals surface area contributed by atoms with Crippen LogP contribution in [0.15, 0.2) is 224 Å². The molecule has 2 aliphatic carbocycles. The van der Waals surface area contributed by atoms with Crippen molar-refractivity contribution in [2.24, 2.45) is 0 Å². The van der Waals surface area contributed by atoms with Gasteiger partial charge in [0.1, 0.15) is 0 Å². The van der Waals surface area contributed by atoms with Crippen LogP contribution in [0.5, 0.6) is 0 Å². The van der Waals surface area contributed by atoms with E-state index < -0.39 is 0 Å². The van der Waals surface area contributed by atoms with Gasteiger partial charge in [0.2, 0.25) is 0 Å². The summed E-state index contributed by atoms with van der Waals surface area (Å²) < 4.78 is 0. The van der Waals surface area contributed by atoms with E-state index in [1.165, 1.54) is 130 Å². The van der Waals surface area contributed by atoms with Gasteiger partial charge >= 0.3 is 0 Å². The summed E-state index contributed by atoms with van der Waals surface area (Å²) in [5, 5.41) is 10.0. The van der Waals surface area contributed by atoms with Crippen molar-refractivity contribution in [3.63, 3.8) is 0 Å². The van der Waals surface area contributed by atoms with Crippen LogP contribution in [-0.4, -0.2) is 0 Å². The Labute approximate surface area is 374 Å². The molecule has 11 aromatic rings. The lowest BCUT2D eigenvalue weighted by atomic mass is 9.76. The van der Waals surface area contributed by atoms with Crippen LogP contribution in [0.2, 0.25) is 0 Å². The standard InChI is InChI=1S/C63H45N/c1-4-19-43(20-5-1)55-41-56(44-21-6-2-7-22-44)61-53-28-13-12-26-50(53)57-39-48(33-35-54(57)62(61)60(55)45-23-8-3-9-24-45)64(47-31-30-42-18-10-11-25-46(42)38-47)49-32-34-52-51-27-14-15-29-58(51)63(59(52)40-49)36-16-17-37-63/h1-15,18-35,38-41H,16-17,36-37H2. The highest BCUT2D eigenvalue weighted by Crippen LogP contribution is 2.58. The highest BCUT2D eigenvalue weighted by atomic mass is 15.1. The van der Waals surface area contributed by atoms with Gasteiger partial charge < -0.3 is 4.90 Å². The van der Waals surface area contributed by atoms with E-state index in [1.807, 2.05) is 0 Å². The zero-order chi connectivity index (χ0) is 42.2. The SMILES string of the molecule is c1ccc(-c2cc(-c3ccccc3)c3c4ccccc4c4cc(N(c5ccc6c(c5)C5(CCCC5)c5ccccc5-6)c5ccc6ccccc6c5)ccc4c3c2-c2ccccc2)cc1. The summed E-state index contributed by atoms with van der Waals surface area (Å²) in [6.07, 6.45) is 4.93. The van der Waals surface area contributed by atoms with Crippen molar-refractivity contribution < 1.29 is 0 Å². The third-order valence-corrected chi connectivity index (χ3v) is 14.5. The van der Waals surface area contributed by atoms with Crippen LogP contribution in [0, 0.1) is 0 Å². The molecule has 64 heavy (non-hydrogen) atoms. The van der Waals surface area contributed by atoms with Gasteiger partial charge in [-0.25, -0.2) is 0 Å². The summed E-state index contributed by atoms with van der Waals surface area (Å²) >= 11 is 0. The molecule has 0 atom stereocenters. The number of fused-ring (bicyclic) bond motifs is 12. The minimum Gasteiger partial charge on any atom is -0.310 e. The van der Waals surface area contributed by atoms with Crippen LogP contribution in [0.3, 0.4) is 0 Å². The first-order valence-electron chi connectivity index (χ1n) is 22.9. The molecule has 0 amide bonds. The van der Waals surface area contributed by atoms with E-state index >= 15 is 0 Å². The molecule has 1 spiro atoms. The molecule has 1 heteroatoms. The van der Waals surface area contributed by atoms with Crippen molar-refractivity contribution in [3.8, 4) is 44.5 Å². The summed E-state index contributed by atoms with van der Waals surface area (Å²) in [6, 6.07) is 84.0. The molecule has 11 aromatic carbocycles. The van der Waals surface area contributed by atoms with Gasteiger partial charge in [-0.05, 0) is 154 Å². The molecule has 0 radical (unpaired) electrons. The van der Waals surface area contributed by atoms with Crippen LogP contribution in [0.4, 0.5) is 17.1 Å². The summed E-state index contributed by atoms with van der Waals surface area (Å²) in [7, 11) is 0. The lowest BCUT2D eigenvalue weighted by Gasteiger charge is -2.30. The molecule has 1 saturated carbocycles. The predicted molar refractivity (Wildman–Crippen MR) is 272 cm³/mol. The Hall–Kier alpha value is -7.74. The number of hydrogen-bond acceptors (Lipinski definition) is 1. The summed E-state index contributed by atoms with van der Waals surface area (Å²) in [4.78, 5) is 2.52. The van der Waals surface area contributed by atoms with E-state index in [2.05, 4.69) is 229 Å². The van der Waals surface area contributed by atoms with Gasteiger partial charge in [0.25, 0.3) is 0 Å². The van der Waals surface area contributed by atoms with E-state index in [9.17, 15) is 0 Å². The Morgan fingerprint density at radius 3 is 1.62 bits per heavy atom. The van der Waals surface area contributed by atoms with Gasteiger partial charge in [0.05, 0.1) is 0 Å². The van der Waals surface area contributed by atoms with E-state index in [0.29, 0.717) is 0 Å². The normalized spacial score (nSPS) is 13.8. The maximum atomic E-state index is 2.55. The van der Waals surface area contributed by atoms with Crippen molar-refractivity contribution in [2.45, 2.75) is 31.1 Å². The van der Waals surface area contributed by atoms with Gasteiger partial charge in [-0.15, -0.1) is 0 Å². The molecule has 1 nitrogen and oxygen atoms in total. The van der Waals surface area contributed by atoms with Gasteiger partial charge in [-0.3, -0.25) is 0 Å². The van der Waals surface area contributed by atoms with E-state index in [4.69, 9.17) is 0 Å². The Bertz CT molecular complexity index is 3600. The van der Waals surface area contributed by atoms with E-state index in [-0.39, 0.29) is 5.41 Å². The number of rotatable bonds is 6. The molecule has 0 bridgehead atoms. The Balaban J connectivity index is 1.13. The molecule has 302 valence electrons. The summed E-state index contributed by atoms with van der Waals surface area (Å²) in [5.41, 5.74) is 16.7. The molecule has 0 unspecified atom stereocenters. The first-order valence-corrected chi connectivity index (χ1v) is 22.9. The molecular formula is C63H45N. The van der Waals surface area contributed by atoms with Gasteiger partial charge in [0, 0.05) is 22.5 Å². The fourth-order valence-corrected chi connectivity index (χ4v) is 11.7. The Kier molecular flexibility index (Phi) is 8.46. The smallest absolute Gasteiger partial charge is 0.0468 e. The quantitative estimate of drug-likeness (QED) is 0.151.